The van der Waals surface area contributed by atoms with Gasteiger partial charge in [-0.15, -0.1) is 0 Å². The molecule has 0 bridgehead atoms. The van der Waals surface area contributed by atoms with E-state index in [0.717, 1.165) is 18.9 Å². The lowest BCUT2D eigenvalue weighted by molar-refractivity contribution is 0.578. The van der Waals surface area contributed by atoms with Gasteiger partial charge in [-0.3, -0.25) is 4.57 Å². The van der Waals surface area contributed by atoms with Gasteiger partial charge in [0.15, 0.2) is 0 Å². The highest BCUT2D eigenvalue weighted by Crippen LogP contribution is 2.26. The van der Waals surface area contributed by atoms with E-state index < -0.39 is 11.6 Å². The number of nitrogens with zero attached hydrogens (tertiary/aromatic N) is 2. The molecule has 0 spiro atoms. The maximum absolute atomic E-state index is 13.6. The molecule has 0 unspecified atom stereocenters. The van der Waals surface area contributed by atoms with Gasteiger partial charge in [0.25, 0.3) is 0 Å². The third-order valence-corrected chi connectivity index (χ3v) is 2.72. The van der Waals surface area contributed by atoms with Crippen LogP contribution in [-0.2, 0) is 0 Å². The predicted molar refractivity (Wildman–Crippen MR) is 60.1 cm³/mol. The number of imidazole rings is 1. The topological polar surface area (TPSA) is 29.9 Å². The predicted octanol–water partition coefficient (Wildman–Crippen LogP) is 2.72. The van der Waals surface area contributed by atoms with Gasteiger partial charge in [-0.1, -0.05) is 0 Å². The average Bonchev–Trinajstić information content (AvgIpc) is 2.97. The quantitative estimate of drug-likeness (QED) is 0.886. The molecule has 0 radical (unpaired) electrons. The van der Waals surface area contributed by atoms with E-state index in [9.17, 15) is 8.78 Å². The second-order valence-electron chi connectivity index (χ2n) is 4.14. The lowest BCUT2D eigenvalue weighted by Gasteiger charge is -2.09. The Labute approximate surface area is 97.1 Å². The molecule has 5 heteroatoms. The van der Waals surface area contributed by atoms with Crippen LogP contribution in [0.3, 0.4) is 0 Å². The van der Waals surface area contributed by atoms with Crippen molar-refractivity contribution in [1.82, 2.24) is 9.55 Å². The van der Waals surface area contributed by atoms with Crippen LogP contribution in [0.4, 0.5) is 14.7 Å². The molecule has 0 saturated heterocycles. The van der Waals surface area contributed by atoms with Gasteiger partial charge in [0.2, 0.25) is 5.95 Å². The summed E-state index contributed by atoms with van der Waals surface area (Å²) >= 11 is 0. The first-order valence-corrected chi connectivity index (χ1v) is 5.49. The van der Waals surface area contributed by atoms with Gasteiger partial charge in [0, 0.05) is 24.5 Å². The van der Waals surface area contributed by atoms with Crippen molar-refractivity contribution >= 4 is 5.95 Å². The lowest BCUT2D eigenvalue weighted by Crippen LogP contribution is -2.08. The summed E-state index contributed by atoms with van der Waals surface area (Å²) in [5, 5.41) is 3.20. The fourth-order valence-electron chi connectivity index (χ4n) is 1.69. The van der Waals surface area contributed by atoms with Crippen LogP contribution in [0.2, 0.25) is 0 Å². The first-order valence-electron chi connectivity index (χ1n) is 5.49. The third-order valence-electron chi connectivity index (χ3n) is 2.72. The van der Waals surface area contributed by atoms with E-state index in [1.165, 1.54) is 12.1 Å². The van der Waals surface area contributed by atoms with Crippen molar-refractivity contribution in [2.75, 3.05) is 5.32 Å². The molecule has 1 aliphatic rings. The maximum atomic E-state index is 13.6. The molecule has 0 atom stereocenters. The van der Waals surface area contributed by atoms with Crippen LogP contribution >= 0.6 is 0 Å². The highest BCUT2D eigenvalue weighted by Gasteiger charge is 2.23. The Bertz CT molecular complexity index is 546. The van der Waals surface area contributed by atoms with E-state index in [2.05, 4.69) is 10.3 Å². The fraction of sp³-hybridized carbons (Fsp3) is 0.250. The average molecular weight is 235 g/mol. The molecule has 1 fully saturated rings. The zero-order valence-electron chi connectivity index (χ0n) is 9.03. The first-order chi connectivity index (χ1) is 8.24. The number of halogens is 2. The summed E-state index contributed by atoms with van der Waals surface area (Å²) in [6, 6.07) is 3.94. The van der Waals surface area contributed by atoms with E-state index in [0.29, 0.717) is 17.7 Å². The number of rotatable bonds is 3. The lowest BCUT2D eigenvalue weighted by atomic mass is 10.3. The van der Waals surface area contributed by atoms with Crippen molar-refractivity contribution in [3.05, 3.63) is 42.2 Å². The minimum Gasteiger partial charge on any atom is -0.353 e. The Kier molecular flexibility index (Phi) is 2.31. The smallest absolute Gasteiger partial charge is 0.207 e. The van der Waals surface area contributed by atoms with Crippen LogP contribution in [0.5, 0.6) is 0 Å². The number of hydrogen-bond acceptors (Lipinski definition) is 2. The van der Waals surface area contributed by atoms with Crippen LogP contribution in [-0.4, -0.2) is 15.6 Å². The van der Waals surface area contributed by atoms with Crippen LogP contribution in [0.25, 0.3) is 5.69 Å². The SMILES string of the molecule is Fc1ccc(-n2ccnc2NC2CC2)c(F)c1. The minimum absolute atomic E-state index is 0.298. The summed E-state index contributed by atoms with van der Waals surface area (Å²) in [7, 11) is 0. The highest BCUT2D eigenvalue weighted by atomic mass is 19.1. The van der Waals surface area contributed by atoms with Gasteiger partial charge in [-0.25, -0.2) is 13.8 Å². The van der Waals surface area contributed by atoms with E-state index in [-0.39, 0.29) is 0 Å². The van der Waals surface area contributed by atoms with Gasteiger partial charge in [0.05, 0.1) is 5.69 Å². The first kappa shape index (κ1) is 10.3. The molecule has 1 aromatic carbocycles. The van der Waals surface area contributed by atoms with E-state index in [1.54, 1.807) is 17.0 Å². The van der Waals surface area contributed by atoms with Gasteiger partial charge < -0.3 is 5.32 Å². The Morgan fingerprint density at radius 1 is 1.29 bits per heavy atom. The zero-order chi connectivity index (χ0) is 11.8. The van der Waals surface area contributed by atoms with Crippen molar-refractivity contribution < 1.29 is 8.78 Å². The molecule has 17 heavy (non-hydrogen) atoms. The standard InChI is InChI=1S/C12H11F2N3/c13-8-1-4-11(10(14)7-8)17-6-5-15-12(17)16-9-2-3-9/h1,4-7,9H,2-3H2,(H,15,16). The van der Waals surface area contributed by atoms with Crippen molar-refractivity contribution in [2.45, 2.75) is 18.9 Å². The summed E-state index contributed by atoms with van der Waals surface area (Å²) in [6.45, 7) is 0. The highest BCUT2D eigenvalue weighted by molar-refractivity contribution is 5.43. The normalized spacial score (nSPS) is 14.9. The van der Waals surface area contributed by atoms with Crippen LogP contribution in [0.1, 0.15) is 12.8 Å². The summed E-state index contributed by atoms with van der Waals surface area (Å²) in [5.74, 6) is -0.581. The molecular formula is C12H11F2N3. The maximum Gasteiger partial charge on any atom is 0.207 e. The zero-order valence-corrected chi connectivity index (χ0v) is 9.03. The van der Waals surface area contributed by atoms with Crippen molar-refractivity contribution in [1.29, 1.82) is 0 Å². The molecule has 1 heterocycles. The number of anilines is 1. The monoisotopic (exact) mass is 235 g/mol. The van der Waals surface area contributed by atoms with Gasteiger partial charge >= 0.3 is 0 Å². The number of nitrogens with one attached hydrogen (secondary N) is 1. The summed E-state index contributed by atoms with van der Waals surface area (Å²) in [4.78, 5) is 4.13. The number of hydrogen-bond donors (Lipinski definition) is 1. The molecule has 0 amide bonds. The molecule has 1 aromatic heterocycles. The summed E-state index contributed by atoms with van der Waals surface area (Å²) < 4.78 is 28.1. The molecule has 3 nitrogen and oxygen atoms in total. The van der Waals surface area contributed by atoms with Crippen LogP contribution in [0, 0.1) is 11.6 Å². The fourth-order valence-corrected chi connectivity index (χ4v) is 1.69. The largest absolute Gasteiger partial charge is 0.353 e. The molecule has 1 N–H and O–H groups in total. The molecule has 1 aliphatic carbocycles. The molecule has 0 aliphatic heterocycles. The summed E-state index contributed by atoms with van der Waals surface area (Å²) in [6.07, 6.45) is 5.46. The minimum atomic E-state index is -0.596. The Morgan fingerprint density at radius 2 is 2.12 bits per heavy atom. The molecule has 3 rings (SSSR count). The molecule has 88 valence electrons. The van der Waals surface area contributed by atoms with E-state index in [1.807, 2.05) is 0 Å². The van der Waals surface area contributed by atoms with Gasteiger partial charge in [-0.05, 0) is 25.0 Å². The van der Waals surface area contributed by atoms with Crippen LogP contribution in [0.15, 0.2) is 30.6 Å². The van der Waals surface area contributed by atoms with E-state index in [4.69, 9.17) is 0 Å². The second kappa shape index (κ2) is 3.84. The van der Waals surface area contributed by atoms with Crippen molar-refractivity contribution in [3.8, 4) is 5.69 Å². The molecule has 2 aromatic rings. The molecular weight excluding hydrogens is 224 g/mol. The van der Waals surface area contributed by atoms with Crippen molar-refractivity contribution in [2.24, 2.45) is 0 Å². The Hall–Kier alpha value is -1.91. The molecule has 1 saturated carbocycles. The summed E-state index contributed by atoms with van der Waals surface area (Å²) in [5.41, 5.74) is 0.298. The van der Waals surface area contributed by atoms with Gasteiger partial charge in [0.1, 0.15) is 11.6 Å². The van der Waals surface area contributed by atoms with Crippen LogP contribution < -0.4 is 5.32 Å². The second-order valence-corrected chi connectivity index (χ2v) is 4.14. The Balaban J connectivity index is 1.99. The van der Waals surface area contributed by atoms with Gasteiger partial charge in [-0.2, -0.15) is 0 Å². The Morgan fingerprint density at radius 3 is 2.82 bits per heavy atom. The van der Waals surface area contributed by atoms with Crippen molar-refractivity contribution in [3.63, 3.8) is 0 Å². The number of benzene rings is 1. The number of aromatic nitrogens is 2. The van der Waals surface area contributed by atoms with E-state index >= 15 is 0 Å². The third kappa shape index (κ3) is 2.00.